The molecule has 4 rings (SSSR count). The van der Waals surface area contributed by atoms with Gasteiger partial charge in [-0.15, -0.1) is 11.3 Å². The molecule has 9 heteroatoms. The van der Waals surface area contributed by atoms with Gasteiger partial charge in [0.15, 0.2) is 0 Å². The summed E-state index contributed by atoms with van der Waals surface area (Å²) in [7, 11) is 4.88. The predicted molar refractivity (Wildman–Crippen MR) is 127 cm³/mol. The molecular weight excluding hydrogens is 440 g/mol. The fourth-order valence-corrected chi connectivity index (χ4v) is 5.48. The number of carbonyl (C=O) groups is 1. The summed E-state index contributed by atoms with van der Waals surface area (Å²) >= 11 is 1.27. The molecule has 1 atom stereocenters. The second-order valence-electron chi connectivity index (χ2n) is 8.21. The third-order valence-corrected chi connectivity index (χ3v) is 7.40. The monoisotopic (exact) mass is 468 g/mol. The van der Waals surface area contributed by atoms with Crippen molar-refractivity contribution in [3.8, 4) is 22.1 Å². The smallest absolute Gasteiger partial charge is 0.277 e. The number of rotatable bonds is 5. The normalized spacial score (nSPS) is 15.7. The molecule has 3 heterocycles. The Balaban J connectivity index is 1.73. The minimum absolute atomic E-state index is 0.0797. The van der Waals surface area contributed by atoms with Crippen LogP contribution in [0.4, 0.5) is 0 Å². The van der Waals surface area contributed by atoms with Gasteiger partial charge in [0.25, 0.3) is 11.5 Å². The number of methoxy groups -OCH3 is 2. The molecule has 0 N–H and O–H groups in total. The number of carbonyl (C=O) groups excluding carboxylic acids is 1. The molecule has 33 heavy (non-hydrogen) atoms. The van der Waals surface area contributed by atoms with Crippen molar-refractivity contribution in [3.05, 3.63) is 55.9 Å². The Morgan fingerprint density at radius 3 is 2.61 bits per heavy atom. The molecule has 2 aromatic heterocycles. The maximum atomic E-state index is 13.7. The highest BCUT2D eigenvalue weighted by molar-refractivity contribution is 7.17. The number of ether oxygens (including phenoxy) is 2. The van der Waals surface area contributed by atoms with Crippen molar-refractivity contribution in [2.75, 3.05) is 20.8 Å². The molecule has 1 unspecified atom stereocenters. The first-order valence-electron chi connectivity index (χ1n) is 10.8. The van der Waals surface area contributed by atoms with Gasteiger partial charge in [0.05, 0.1) is 37.2 Å². The molecule has 0 radical (unpaired) electrons. The van der Waals surface area contributed by atoms with E-state index in [0.29, 0.717) is 27.7 Å². The summed E-state index contributed by atoms with van der Waals surface area (Å²) in [5.74, 6) is 1.37. The van der Waals surface area contributed by atoms with Crippen molar-refractivity contribution in [2.45, 2.75) is 39.7 Å². The lowest BCUT2D eigenvalue weighted by molar-refractivity contribution is 0.0738. The van der Waals surface area contributed by atoms with Crippen LogP contribution < -0.4 is 15.0 Å². The number of nitrogens with zero attached hydrogens (tertiary/aromatic N) is 4. The van der Waals surface area contributed by atoms with E-state index >= 15 is 0 Å². The van der Waals surface area contributed by atoms with E-state index in [1.165, 1.54) is 16.0 Å². The molecule has 0 saturated carbocycles. The zero-order valence-corrected chi connectivity index (χ0v) is 20.6. The Morgan fingerprint density at radius 1 is 1.15 bits per heavy atom. The predicted octanol–water partition coefficient (Wildman–Crippen LogP) is 3.82. The first kappa shape index (κ1) is 23.0. The van der Waals surface area contributed by atoms with Crippen molar-refractivity contribution < 1.29 is 14.3 Å². The Bertz CT molecular complexity index is 1280. The Hall–Kier alpha value is -3.20. The van der Waals surface area contributed by atoms with Gasteiger partial charge < -0.3 is 14.4 Å². The zero-order valence-electron chi connectivity index (χ0n) is 19.8. The second-order valence-corrected chi connectivity index (χ2v) is 9.21. The van der Waals surface area contributed by atoms with E-state index < -0.39 is 0 Å². The lowest BCUT2D eigenvalue weighted by Gasteiger charge is -2.26. The van der Waals surface area contributed by atoms with Gasteiger partial charge in [-0.2, -0.15) is 5.10 Å². The van der Waals surface area contributed by atoms with E-state index in [1.807, 2.05) is 43.9 Å². The maximum absolute atomic E-state index is 13.7. The first-order chi connectivity index (χ1) is 15.8. The highest BCUT2D eigenvalue weighted by Crippen LogP contribution is 2.40. The van der Waals surface area contributed by atoms with Gasteiger partial charge in [0.1, 0.15) is 21.4 Å². The van der Waals surface area contributed by atoms with Crippen molar-refractivity contribution in [3.63, 3.8) is 0 Å². The number of benzene rings is 1. The van der Waals surface area contributed by atoms with Crippen LogP contribution in [0.25, 0.3) is 10.6 Å². The van der Waals surface area contributed by atoms with E-state index in [2.05, 4.69) is 10.1 Å². The van der Waals surface area contributed by atoms with Crippen LogP contribution in [-0.4, -0.2) is 46.3 Å². The standard InChI is InChI=1S/C24H28N4O4S/c1-13-14(2)26-27(4)23(29)20(13)22-25-15(3)21(33-22)24(30)28-11-7-8-18(28)17-12-16(31-5)9-10-19(17)32-6/h9-10,12,18H,7-8,11H2,1-6H3. The number of thiazole rings is 1. The summed E-state index contributed by atoms with van der Waals surface area (Å²) in [6.45, 7) is 6.19. The Kier molecular flexibility index (Phi) is 6.25. The third kappa shape index (κ3) is 4.01. The van der Waals surface area contributed by atoms with Crippen LogP contribution in [-0.2, 0) is 7.05 Å². The molecule has 1 amide bonds. The summed E-state index contributed by atoms with van der Waals surface area (Å²) in [4.78, 5) is 33.5. The van der Waals surface area contributed by atoms with E-state index in [1.54, 1.807) is 21.3 Å². The minimum Gasteiger partial charge on any atom is -0.497 e. The molecule has 1 aromatic carbocycles. The lowest BCUT2D eigenvalue weighted by Crippen LogP contribution is -2.30. The van der Waals surface area contributed by atoms with Gasteiger partial charge in [-0.1, -0.05) is 0 Å². The Morgan fingerprint density at radius 2 is 1.91 bits per heavy atom. The number of hydrogen-bond donors (Lipinski definition) is 0. The molecule has 174 valence electrons. The number of aryl methyl sites for hydroxylation is 3. The average Bonchev–Trinajstić information content (AvgIpc) is 3.44. The van der Waals surface area contributed by atoms with Gasteiger partial charge >= 0.3 is 0 Å². The van der Waals surface area contributed by atoms with Gasteiger partial charge in [-0.05, 0) is 57.4 Å². The topological polar surface area (TPSA) is 86.5 Å². The van der Waals surface area contributed by atoms with Gasteiger partial charge in [0, 0.05) is 19.2 Å². The summed E-state index contributed by atoms with van der Waals surface area (Å²) in [6, 6.07) is 5.54. The van der Waals surface area contributed by atoms with E-state index in [-0.39, 0.29) is 17.5 Å². The number of hydrogen-bond acceptors (Lipinski definition) is 7. The average molecular weight is 469 g/mol. The van der Waals surface area contributed by atoms with Gasteiger partial charge in [-0.3, -0.25) is 9.59 Å². The quantitative estimate of drug-likeness (QED) is 0.566. The van der Waals surface area contributed by atoms with Crippen LogP contribution in [0.15, 0.2) is 23.0 Å². The SMILES string of the molecule is COc1ccc(OC)c(C2CCCN2C(=O)c2sc(-c3c(C)c(C)nn(C)c3=O)nc2C)c1. The van der Waals surface area contributed by atoms with E-state index in [9.17, 15) is 9.59 Å². The second kappa shape index (κ2) is 8.97. The summed E-state index contributed by atoms with van der Waals surface area (Å²) in [6.07, 6.45) is 1.73. The first-order valence-corrected chi connectivity index (χ1v) is 11.6. The van der Waals surface area contributed by atoms with Crippen LogP contribution in [0.3, 0.4) is 0 Å². The van der Waals surface area contributed by atoms with Crippen molar-refractivity contribution >= 4 is 17.2 Å². The van der Waals surface area contributed by atoms with Gasteiger partial charge in [0.2, 0.25) is 0 Å². The highest BCUT2D eigenvalue weighted by atomic mass is 32.1. The molecule has 8 nitrogen and oxygen atoms in total. The summed E-state index contributed by atoms with van der Waals surface area (Å²) < 4.78 is 12.3. The molecule has 1 saturated heterocycles. The molecule has 0 aliphatic carbocycles. The maximum Gasteiger partial charge on any atom is 0.277 e. The molecule has 3 aromatic rings. The molecule has 0 spiro atoms. The largest absolute Gasteiger partial charge is 0.497 e. The third-order valence-electron chi connectivity index (χ3n) is 6.24. The van der Waals surface area contributed by atoms with E-state index in [0.717, 1.165) is 41.2 Å². The lowest BCUT2D eigenvalue weighted by atomic mass is 10.0. The number of amides is 1. The Labute approximate surface area is 196 Å². The summed E-state index contributed by atoms with van der Waals surface area (Å²) in [5.41, 5.74) is 3.39. The molecular formula is C24H28N4O4S. The van der Waals surface area contributed by atoms with Crippen LogP contribution in [0.1, 0.15) is 51.1 Å². The number of aromatic nitrogens is 3. The fourth-order valence-electron chi connectivity index (χ4n) is 4.37. The number of likely N-dealkylation sites (tertiary alicyclic amines) is 1. The van der Waals surface area contributed by atoms with E-state index in [4.69, 9.17) is 9.47 Å². The van der Waals surface area contributed by atoms with Crippen LogP contribution >= 0.6 is 11.3 Å². The van der Waals surface area contributed by atoms with Crippen molar-refractivity contribution in [2.24, 2.45) is 7.05 Å². The van der Waals surface area contributed by atoms with Crippen LogP contribution in [0, 0.1) is 20.8 Å². The fraction of sp³-hybridized carbons (Fsp3) is 0.417. The molecule has 1 aliphatic rings. The molecule has 1 aliphatic heterocycles. The molecule has 0 bridgehead atoms. The van der Waals surface area contributed by atoms with Crippen LogP contribution in [0.2, 0.25) is 0 Å². The summed E-state index contributed by atoms with van der Waals surface area (Å²) in [5, 5.41) is 4.79. The minimum atomic E-state index is -0.217. The van der Waals surface area contributed by atoms with Crippen molar-refractivity contribution in [1.82, 2.24) is 19.7 Å². The van der Waals surface area contributed by atoms with Crippen molar-refractivity contribution in [1.29, 1.82) is 0 Å². The zero-order chi connectivity index (χ0) is 23.9. The highest BCUT2D eigenvalue weighted by Gasteiger charge is 2.34. The van der Waals surface area contributed by atoms with Gasteiger partial charge in [-0.25, -0.2) is 9.67 Å². The van der Waals surface area contributed by atoms with Crippen LogP contribution in [0.5, 0.6) is 11.5 Å². The molecule has 1 fully saturated rings.